The van der Waals surface area contributed by atoms with Crippen LogP contribution in [-0.2, 0) is 16.6 Å². The molecule has 2 heterocycles. The minimum absolute atomic E-state index is 0.0189. The van der Waals surface area contributed by atoms with Crippen LogP contribution in [0, 0.1) is 6.92 Å². The molecule has 0 unspecified atom stereocenters. The van der Waals surface area contributed by atoms with Gasteiger partial charge in [0.15, 0.2) is 0 Å². The van der Waals surface area contributed by atoms with Crippen LogP contribution < -0.4 is 10.2 Å². The highest BCUT2D eigenvalue weighted by atomic mass is 32.2. The number of aryl methyl sites for hydroxylation is 1. The summed E-state index contributed by atoms with van der Waals surface area (Å²) in [5, 5.41) is 8.81. The van der Waals surface area contributed by atoms with E-state index in [1.807, 2.05) is 6.92 Å². The molecular weight excluding hydrogens is 452 g/mol. The molecule has 1 saturated heterocycles. The van der Waals surface area contributed by atoms with Crippen LogP contribution in [0.2, 0.25) is 0 Å². The summed E-state index contributed by atoms with van der Waals surface area (Å²) in [6, 6.07) is 8.79. The van der Waals surface area contributed by atoms with Crippen molar-refractivity contribution in [3.8, 4) is 0 Å². The molecule has 3 N–H and O–H groups in total. The van der Waals surface area contributed by atoms with Gasteiger partial charge in [0.05, 0.1) is 16.3 Å². The molecule has 3 amide bonds. The maximum atomic E-state index is 13.0. The highest BCUT2D eigenvalue weighted by Gasteiger charge is 2.24. The SMILES string of the molecule is Cc1ccc(S(=O)(=O)NC(=O)N(CCN2CCCCC2)Cc2ccc(C(=O)NO)s2)cc1. The van der Waals surface area contributed by atoms with E-state index in [-0.39, 0.29) is 11.4 Å². The number of carbonyl (C=O) groups excluding carboxylic acids is 2. The Bertz CT molecular complexity index is 1030. The summed E-state index contributed by atoms with van der Waals surface area (Å²) in [5.41, 5.74) is 2.50. The van der Waals surface area contributed by atoms with Gasteiger partial charge in [-0.1, -0.05) is 24.1 Å². The Kier molecular flexibility index (Phi) is 8.24. The topological polar surface area (TPSA) is 119 Å². The standard InChI is InChI=1S/C21H28N4O5S2/c1-16-5-8-18(9-6-16)32(29,30)23-21(27)25(14-13-24-11-3-2-4-12-24)15-17-7-10-19(31-17)20(26)22-28/h5-10,28H,2-4,11-15H2,1H3,(H,22,26)(H,23,27). The number of nitrogens with zero attached hydrogens (tertiary/aromatic N) is 2. The fourth-order valence-corrected chi connectivity index (χ4v) is 5.37. The van der Waals surface area contributed by atoms with Gasteiger partial charge in [-0.25, -0.2) is 23.4 Å². The molecule has 9 nitrogen and oxygen atoms in total. The van der Waals surface area contributed by atoms with Gasteiger partial charge in [0, 0.05) is 18.0 Å². The molecule has 0 radical (unpaired) electrons. The zero-order chi connectivity index (χ0) is 23.1. The van der Waals surface area contributed by atoms with Crippen molar-refractivity contribution in [3.63, 3.8) is 0 Å². The number of thiophene rings is 1. The van der Waals surface area contributed by atoms with Gasteiger partial charge in [0.2, 0.25) is 0 Å². The first-order valence-corrected chi connectivity index (χ1v) is 12.7. The molecule has 0 bridgehead atoms. The lowest BCUT2D eigenvalue weighted by atomic mass is 10.1. The van der Waals surface area contributed by atoms with Crippen molar-refractivity contribution in [2.24, 2.45) is 0 Å². The van der Waals surface area contributed by atoms with Crippen molar-refractivity contribution in [2.75, 3.05) is 26.2 Å². The van der Waals surface area contributed by atoms with Crippen LogP contribution in [0.4, 0.5) is 4.79 Å². The number of hydrogen-bond acceptors (Lipinski definition) is 7. The Labute approximate surface area is 192 Å². The zero-order valence-electron chi connectivity index (χ0n) is 17.9. The number of rotatable bonds is 8. The average molecular weight is 481 g/mol. The molecule has 3 rings (SSSR count). The monoisotopic (exact) mass is 480 g/mol. The second-order valence-corrected chi connectivity index (χ2v) is 10.6. The second-order valence-electron chi connectivity index (χ2n) is 7.75. The summed E-state index contributed by atoms with van der Waals surface area (Å²) in [7, 11) is -4.02. The summed E-state index contributed by atoms with van der Waals surface area (Å²) in [4.78, 5) is 29.3. The van der Waals surface area contributed by atoms with E-state index in [0.717, 1.165) is 42.8 Å². The predicted molar refractivity (Wildman–Crippen MR) is 121 cm³/mol. The summed E-state index contributed by atoms with van der Waals surface area (Å²) in [5.74, 6) is -0.632. The van der Waals surface area contributed by atoms with E-state index in [1.54, 1.807) is 29.7 Å². The van der Waals surface area contributed by atoms with Crippen molar-refractivity contribution >= 4 is 33.3 Å². The third-order valence-electron chi connectivity index (χ3n) is 5.31. The van der Waals surface area contributed by atoms with Crippen LogP contribution in [0.5, 0.6) is 0 Å². The van der Waals surface area contributed by atoms with Crippen molar-refractivity contribution in [3.05, 3.63) is 51.7 Å². The number of hydroxylamine groups is 1. The fourth-order valence-electron chi connectivity index (χ4n) is 3.48. The lowest BCUT2D eigenvalue weighted by molar-refractivity contribution is 0.0711. The molecule has 0 aliphatic carbocycles. The molecule has 0 saturated carbocycles. The molecule has 2 aromatic rings. The smallest absolute Gasteiger partial charge is 0.318 e. The zero-order valence-corrected chi connectivity index (χ0v) is 19.5. The maximum absolute atomic E-state index is 13.0. The van der Waals surface area contributed by atoms with Gasteiger partial charge in [-0.05, 0) is 57.1 Å². The lowest BCUT2D eigenvalue weighted by Crippen LogP contribution is -2.46. The van der Waals surface area contributed by atoms with Crippen LogP contribution in [-0.4, -0.2) is 61.5 Å². The van der Waals surface area contributed by atoms with Crippen molar-refractivity contribution < 1.29 is 23.2 Å². The first kappa shape index (κ1) is 24.2. The van der Waals surface area contributed by atoms with Gasteiger partial charge in [-0.2, -0.15) is 0 Å². The average Bonchev–Trinajstić information content (AvgIpc) is 3.25. The van der Waals surface area contributed by atoms with E-state index in [4.69, 9.17) is 5.21 Å². The first-order valence-electron chi connectivity index (χ1n) is 10.4. The van der Waals surface area contributed by atoms with Crippen molar-refractivity contribution in [1.29, 1.82) is 0 Å². The van der Waals surface area contributed by atoms with Crippen LogP contribution in [0.1, 0.15) is 39.4 Å². The van der Waals surface area contributed by atoms with Crippen molar-refractivity contribution in [1.82, 2.24) is 20.0 Å². The van der Waals surface area contributed by atoms with E-state index in [0.29, 0.717) is 22.8 Å². The quantitative estimate of drug-likeness (QED) is 0.395. The van der Waals surface area contributed by atoms with E-state index >= 15 is 0 Å². The highest BCUT2D eigenvalue weighted by Crippen LogP contribution is 2.19. The number of benzene rings is 1. The van der Waals surface area contributed by atoms with Crippen LogP contribution in [0.15, 0.2) is 41.3 Å². The summed E-state index contributed by atoms with van der Waals surface area (Å²) >= 11 is 1.13. The molecule has 1 fully saturated rings. The molecule has 1 aromatic heterocycles. The Hall–Kier alpha value is -2.47. The van der Waals surface area contributed by atoms with Gasteiger partial charge >= 0.3 is 6.03 Å². The summed E-state index contributed by atoms with van der Waals surface area (Å²) in [6.45, 7) is 4.88. The van der Waals surface area contributed by atoms with E-state index in [1.165, 1.54) is 23.5 Å². The van der Waals surface area contributed by atoms with Gasteiger partial charge < -0.3 is 9.80 Å². The van der Waals surface area contributed by atoms with Gasteiger partial charge in [0.25, 0.3) is 15.9 Å². The number of urea groups is 1. The summed E-state index contributed by atoms with van der Waals surface area (Å²) in [6.07, 6.45) is 3.41. The number of nitrogens with one attached hydrogen (secondary N) is 2. The number of likely N-dealkylation sites (tertiary alicyclic amines) is 1. The Morgan fingerprint density at radius 1 is 1.09 bits per heavy atom. The third-order valence-corrected chi connectivity index (χ3v) is 7.71. The molecular formula is C21H28N4O5S2. The maximum Gasteiger partial charge on any atom is 0.331 e. The number of carbonyl (C=O) groups is 2. The first-order chi connectivity index (χ1) is 15.3. The number of piperidine rings is 1. The third kappa shape index (κ3) is 6.52. The molecule has 32 heavy (non-hydrogen) atoms. The molecule has 0 atom stereocenters. The number of amides is 3. The summed E-state index contributed by atoms with van der Waals surface area (Å²) < 4.78 is 27.6. The fraction of sp³-hybridized carbons (Fsp3) is 0.429. The van der Waals surface area contributed by atoms with Crippen LogP contribution in [0.3, 0.4) is 0 Å². The van der Waals surface area contributed by atoms with Gasteiger partial charge in [-0.15, -0.1) is 11.3 Å². The molecule has 1 aliphatic heterocycles. The van der Waals surface area contributed by atoms with Crippen LogP contribution >= 0.6 is 11.3 Å². The van der Waals surface area contributed by atoms with Crippen molar-refractivity contribution in [2.45, 2.75) is 37.6 Å². The van der Waals surface area contributed by atoms with E-state index < -0.39 is 22.0 Å². The van der Waals surface area contributed by atoms with Gasteiger partial charge in [-0.3, -0.25) is 10.0 Å². The molecule has 1 aromatic carbocycles. The predicted octanol–water partition coefficient (Wildman–Crippen LogP) is 2.56. The Morgan fingerprint density at radius 2 is 1.78 bits per heavy atom. The Morgan fingerprint density at radius 3 is 2.44 bits per heavy atom. The number of hydrogen-bond donors (Lipinski definition) is 3. The molecule has 1 aliphatic rings. The van der Waals surface area contributed by atoms with Gasteiger partial charge in [0.1, 0.15) is 0 Å². The number of sulfonamides is 1. The second kappa shape index (κ2) is 10.9. The Balaban J connectivity index is 1.73. The minimum atomic E-state index is -4.02. The molecule has 174 valence electrons. The van der Waals surface area contributed by atoms with E-state index in [2.05, 4.69) is 9.62 Å². The highest BCUT2D eigenvalue weighted by molar-refractivity contribution is 7.90. The molecule has 11 heteroatoms. The normalized spacial score (nSPS) is 14.7. The minimum Gasteiger partial charge on any atom is -0.318 e. The lowest BCUT2D eigenvalue weighted by Gasteiger charge is -2.30. The molecule has 0 spiro atoms. The van der Waals surface area contributed by atoms with E-state index in [9.17, 15) is 18.0 Å². The largest absolute Gasteiger partial charge is 0.331 e. The van der Waals surface area contributed by atoms with Crippen LogP contribution in [0.25, 0.3) is 0 Å².